The maximum atomic E-state index is 12.4. The fourth-order valence-electron chi connectivity index (χ4n) is 2.17. The van der Waals surface area contributed by atoms with Gasteiger partial charge in [-0.25, -0.2) is 8.42 Å². The van der Waals surface area contributed by atoms with Gasteiger partial charge in [-0.2, -0.15) is 4.31 Å². The van der Waals surface area contributed by atoms with Gasteiger partial charge in [-0.3, -0.25) is 10.1 Å². The summed E-state index contributed by atoms with van der Waals surface area (Å²) in [6.07, 6.45) is 2.26. The monoisotopic (exact) mass is 380 g/mol. The average Bonchev–Trinajstić information content (AvgIpc) is 3.34. The lowest BCUT2D eigenvalue weighted by molar-refractivity contribution is 0.102. The summed E-state index contributed by atoms with van der Waals surface area (Å²) in [5.74, 6) is 0.158. The predicted molar refractivity (Wildman–Crippen MR) is 96.4 cm³/mol. The molecule has 0 atom stereocenters. The van der Waals surface area contributed by atoms with Crippen LogP contribution >= 0.6 is 11.3 Å². The molecule has 25 heavy (non-hydrogen) atoms. The molecule has 1 saturated carbocycles. The summed E-state index contributed by atoms with van der Waals surface area (Å²) >= 11 is 1.38. The van der Waals surface area contributed by atoms with Crippen molar-refractivity contribution < 1.29 is 13.2 Å². The van der Waals surface area contributed by atoms with Crippen LogP contribution < -0.4 is 5.32 Å². The molecule has 0 bridgehead atoms. The Balaban J connectivity index is 1.71. The molecule has 134 valence electrons. The molecule has 1 aliphatic rings. The summed E-state index contributed by atoms with van der Waals surface area (Å²) < 4.78 is 26.1. The number of hydrogen-bond donors (Lipinski definition) is 1. The highest BCUT2D eigenvalue weighted by Crippen LogP contribution is 2.42. The number of benzene rings is 1. The molecule has 1 N–H and O–H groups in total. The van der Waals surface area contributed by atoms with E-state index >= 15 is 0 Å². The normalized spacial score (nSPS) is 14.9. The first-order chi connectivity index (χ1) is 11.8. The first-order valence-electron chi connectivity index (χ1n) is 8.02. The molecule has 1 fully saturated rings. The number of hydrogen-bond acceptors (Lipinski definition) is 6. The van der Waals surface area contributed by atoms with Gasteiger partial charge in [0.25, 0.3) is 5.91 Å². The van der Waals surface area contributed by atoms with E-state index in [1.54, 1.807) is 13.8 Å². The number of rotatable bonds is 6. The summed E-state index contributed by atoms with van der Waals surface area (Å²) in [4.78, 5) is 12.4. The highest BCUT2D eigenvalue weighted by molar-refractivity contribution is 7.89. The van der Waals surface area contributed by atoms with Gasteiger partial charge in [0.05, 0.1) is 4.90 Å². The van der Waals surface area contributed by atoms with E-state index < -0.39 is 10.0 Å². The number of anilines is 1. The summed E-state index contributed by atoms with van der Waals surface area (Å²) in [5, 5.41) is 12.2. The third kappa shape index (κ3) is 3.88. The van der Waals surface area contributed by atoms with Gasteiger partial charge in [-0.05, 0) is 51.0 Å². The van der Waals surface area contributed by atoms with Crippen molar-refractivity contribution in [2.45, 2.75) is 43.5 Å². The summed E-state index contributed by atoms with van der Waals surface area (Å²) in [6, 6.07) is 5.74. The van der Waals surface area contributed by atoms with E-state index in [0.717, 1.165) is 17.8 Å². The lowest BCUT2D eigenvalue weighted by Crippen LogP contribution is -2.33. The van der Waals surface area contributed by atoms with Crippen molar-refractivity contribution in [1.82, 2.24) is 14.5 Å². The number of nitrogens with zero attached hydrogens (tertiary/aromatic N) is 3. The summed E-state index contributed by atoms with van der Waals surface area (Å²) in [7, 11) is -2.02. The van der Waals surface area contributed by atoms with Crippen LogP contribution in [0, 0.1) is 0 Å². The molecule has 2 aromatic rings. The molecule has 7 nitrogen and oxygen atoms in total. The van der Waals surface area contributed by atoms with Gasteiger partial charge < -0.3 is 0 Å². The van der Waals surface area contributed by atoms with Crippen LogP contribution in [0.4, 0.5) is 5.13 Å². The highest BCUT2D eigenvalue weighted by Gasteiger charge is 2.28. The Labute approximate surface area is 151 Å². The van der Waals surface area contributed by atoms with Gasteiger partial charge in [0.1, 0.15) is 5.01 Å². The standard InChI is InChI=1S/C16H20N4O3S2/c1-10(2)20(3)25(22,23)13-8-6-11(7-9-13)14(21)17-16-19-18-15(24-16)12-4-5-12/h6-10,12H,4-5H2,1-3H3,(H,17,19,21). The predicted octanol–water partition coefficient (Wildman–Crippen LogP) is 2.70. The van der Waals surface area contributed by atoms with Crippen LogP contribution in [0.2, 0.25) is 0 Å². The number of sulfonamides is 1. The topological polar surface area (TPSA) is 92.3 Å². The molecule has 1 aliphatic carbocycles. The molecule has 0 aliphatic heterocycles. The van der Waals surface area contributed by atoms with E-state index in [0.29, 0.717) is 16.6 Å². The van der Waals surface area contributed by atoms with Gasteiger partial charge >= 0.3 is 0 Å². The number of nitrogens with one attached hydrogen (secondary N) is 1. The second kappa shape index (κ2) is 6.81. The number of carbonyl (C=O) groups is 1. The minimum atomic E-state index is -3.56. The molecule has 3 rings (SSSR count). The zero-order chi connectivity index (χ0) is 18.2. The van der Waals surface area contributed by atoms with Crippen LogP contribution in [0.5, 0.6) is 0 Å². The molecule has 0 unspecified atom stereocenters. The van der Waals surface area contributed by atoms with E-state index in [4.69, 9.17) is 0 Å². The van der Waals surface area contributed by atoms with E-state index in [1.165, 1.54) is 47.0 Å². The summed E-state index contributed by atoms with van der Waals surface area (Å²) in [6.45, 7) is 3.61. The second-order valence-corrected chi connectivity index (χ2v) is 9.32. The Morgan fingerprint density at radius 1 is 1.24 bits per heavy atom. The van der Waals surface area contributed by atoms with E-state index in [-0.39, 0.29) is 16.8 Å². The molecule has 1 amide bonds. The van der Waals surface area contributed by atoms with Gasteiger partial charge in [0.2, 0.25) is 15.2 Å². The minimum Gasteiger partial charge on any atom is -0.296 e. The van der Waals surface area contributed by atoms with Crippen molar-refractivity contribution in [3.8, 4) is 0 Å². The molecule has 9 heteroatoms. The lowest BCUT2D eigenvalue weighted by Gasteiger charge is -2.20. The van der Waals surface area contributed by atoms with Gasteiger partial charge in [-0.1, -0.05) is 11.3 Å². The first kappa shape index (κ1) is 18.0. The van der Waals surface area contributed by atoms with Crippen LogP contribution in [0.15, 0.2) is 29.2 Å². The highest BCUT2D eigenvalue weighted by atomic mass is 32.2. The average molecular weight is 380 g/mol. The molecule has 0 saturated heterocycles. The van der Waals surface area contributed by atoms with Gasteiger partial charge in [0, 0.05) is 24.6 Å². The van der Waals surface area contributed by atoms with Crippen LogP contribution in [-0.2, 0) is 10.0 Å². The molecule has 0 spiro atoms. The van der Waals surface area contributed by atoms with Gasteiger partial charge in [-0.15, -0.1) is 10.2 Å². The third-order valence-corrected chi connectivity index (χ3v) is 7.16. The maximum absolute atomic E-state index is 12.4. The molecule has 1 aromatic heterocycles. The molecular formula is C16H20N4O3S2. The maximum Gasteiger partial charge on any atom is 0.257 e. The smallest absolute Gasteiger partial charge is 0.257 e. The Morgan fingerprint density at radius 2 is 1.88 bits per heavy atom. The zero-order valence-corrected chi connectivity index (χ0v) is 15.9. The molecular weight excluding hydrogens is 360 g/mol. The second-order valence-electron chi connectivity index (χ2n) is 6.31. The first-order valence-corrected chi connectivity index (χ1v) is 10.3. The number of carbonyl (C=O) groups excluding carboxylic acids is 1. The zero-order valence-electron chi connectivity index (χ0n) is 14.3. The molecule has 0 radical (unpaired) electrons. The van der Waals surface area contributed by atoms with Crippen molar-refractivity contribution >= 4 is 32.4 Å². The quantitative estimate of drug-likeness (QED) is 0.832. The largest absolute Gasteiger partial charge is 0.296 e. The molecule has 1 aromatic carbocycles. The van der Waals surface area contributed by atoms with Crippen molar-refractivity contribution in [2.24, 2.45) is 0 Å². The third-order valence-electron chi connectivity index (χ3n) is 4.11. The molecule has 1 heterocycles. The Morgan fingerprint density at radius 3 is 2.44 bits per heavy atom. The summed E-state index contributed by atoms with van der Waals surface area (Å²) in [5.41, 5.74) is 0.370. The van der Waals surface area contributed by atoms with Crippen molar-refractivity contribution in [2.75, 3.05) is 12.4 Å². The van der Waals surface area contributed by atoms with Gasteiger partial charge in [0.15, 0.2) is 0 Å². The Kier molecular flexibility index (Phi) is 4.90. The van der Waals surface area contributed by atoms with Crippen LogP contribution in [0.25, 0.3) is 0 Å². The van der Waals surface area contributed by atoms with E-state index in [9.17, 15) is 13.2 Å². The van der Waals surface area contributed by atoms with Crippen molar-refractivity contribution in [3.05, 3.63) is 34.8 Å². The van der Waals surface area contributed by atoms with Crippen molar-refractivity contribution in [1.29, 1.82) is 0 Å². The SMILES string of the molecule is CC(C)N(C)S(=O)(=O)c1ccc(C(=O)Nc2nnc(C3CC3)s2)cc1. The van der Waals surface area contributed by atoms with Crippen LogP contribution in [0.3, 0.4) is 0 Å². The Hall–Kier alpha value is -1.84. The van der Waals surface area contributed by atoms with Crippen LogP contribution in [-0.4, -0.2) is 41.9 Å². The Bertz CT molecular complexity index is 871. The fourth-order valence-corrected chi connectivity index (χ4v) is 4.45. The lowest BCUT2D eigenvalue weighted by atomic mass is 10.2. The van der Waals surface area contributed by atoms with E-state index in [1.807, 2.05) is 0 Å². The van der Waals surface area contributed by atoms with Crippen LogP contribution in [0.1, 0.15) is 48.0 Å². The van der Waals surface area contributed by atoms with E-state index in [2.05, 4.69) is 15.5 Å². The number of amides is 1. The van der Waals surface area contributed by atoms with Crippen molar-refractivity contribution in [3.63, 3.8) is 0 Å². The number of aromatic nitrogens is 2. The minimum absolute atomic E-state index is 0.147. The fraction of sp³-hybridized carbons (Fsp3) is 0.438.